The molecule has 8 heteroatoms. The van der Waals surface area contributed by atoms with E-state index < -0.39 is 16.1 Å². The van der Waals surface area contributed by atoms with Crippen LogP contribution in [-0.2, 0) is 10.0 Å². The Bertz CT molecular complexity index is 409. The average molecular weight is 217 g/mol. The van der Waals surface area contributed by atoms with E-state index >= 15 is 0 Å². The Morgan fingerprint density at radius 3 is 2.86 bits per heavy atom. The van der Waals surface area contributed by atoms with Gasteiger partial charge in [-0.05, 0) is 6.92 Å². The fourth-order valence-electron chi connectivity index (χ4n) is 0.750. The summed E-state index contributed by atoms with van der Waals surface area (Å²) in [5.41, 5.74) is 5.13. The molecular weight excluding hydrogens is 206 g/mol. The molecule has 0 aromatic carbocycles. The zero-order chi connectivity index (χ0) is 10.8. The molecule has 0 saturated carbocycles. The van der Waals surface area contributed by atoms with Crippen molar-refractivity contribution >= 4 is 15.9 Å². The van der Waals surface area contributed by atoms with Crippen LogP contribution < -0.4 is 10.5 Å². The van der Waals surface area contributed by atoms with Crippen molar-refractivity contribution in [2.24, 2.45) is 5.73 Å². The van der Waals surface area contributed by atoms with E-state index in [1.165, 1.54) is 19.4 Å². The first-order valence-electron chi connectivity index (χ1n) is 3.78. The largest absolute Gasteiger partial charge is 0.386 e. The summed E-state index contributed by atoms with van der Waals surface area (Å²) in [6.07, 6.45) is 2.43. The number of aromatic nitrogens is 2. The summed E-state index contributed by atoms with van der Waals surface area (Å²) in [5, 5.41) is 6.98. The maximum absolute atomic E-state index is 11.5. The quantitative estimate of drug-likeness (QED) is 0.382. The minimum atomic E-state index is -3.65. The van der Waals surface area contributed by atoms with E-state index in [-0.39, 0.29) is 10.9 Å². The lowest BCUT2D eigenvalue weighted by molar-refractivity contribution is 0.575. The number of amidine groups is 1. The van der Waals surface area contributed by atoms with E-state index in [0.717, 1.165) is 0 Å². The Hall–Kier alpha value is -1.41. The third kappa shape index (κ3) is 2.30. The van der Waals surface area contributed by atoms with Crippen LogP contribution in [0.15, 0.2) is 17.6 Å². The maximum atomic E-state index is 11.5. The summed E-state index contributed by atoms with van der Waals surface area (Å²) >= 11 is 0. The molecule has 1 atom stereocenters. The van der Waals surface area contributed by atoms with Crippen molar-refractivity contribution in [1.82, 2.24) is 14.7 Å². The van der Waals surface area contributed by atoms with Crippen LogP contribution in [0.4, 0.5) is 0 Å². The molecule has 0 saturated heterocycles. The third-order valence-electron chi connectivity index (χ3n) is 1.56. The minimum absolute atomic E-state index is 0.0504. The Kier molecular flexibility index (Phi) is 2.87. The first kappa shape index (κ1) is 10.7. The number of nitrogens with one attached hydrogen (secondary N) is 3. The van der Waals surface area contributed by atoms with E-state index in [2.05, 4.69) is 14.7 Å². The number of imidazole rings is 1. The molecule has 0 aliphatic rings. The van der Waals surface area contributed by atoms with E-state index in [1.807, 2.05) is 0 Å². The fourth-order valence-corrected chi connectivity index (χ4v) is 1.88. The van der Waals surface area contributed by atoms with E-state index in [4.69, 9.17) is 11.1 Å². The van der Waals surface area contributed by atoms with Crippen LogP contribution in [0.3, 0.4) is 0 Å². The summed E-state index contributed by atoms with van der Waals surface area (Å²) in [7, 11) is -3.65. The van der Waals surface area contributed by atoms with Crippen molar-refractivity contribution in [3.05, 3.63) is 12.5 Å². The van der Waals surface area contributed by atoms with Gasteiger partial charge < -0.3 is 10.7 Å². The zero-order valence-electron chi connectivity index (χ0n) is 7.48. The van der Waals surface area contributed by atoms with Gasteiger partial charge in [-0.15, -0.1) is 0 Å². The Labute approximate surface area is 81.3 Å². The predicted octanol–water partition coefficient (Wildman–Crippen LogP) is -0.988. The molecule has 0 fully saturated rings. The second-order valence-electron chi connectivity index (χ2n) is 2.71. The maximum Gasteiger partial charge on any atom is 0.258 e. The molecule has 7 nitrogen and oxygen atoms in total. The highest BCUT2D eigenvalue weighted by Gasteiger charge is 2.19. The molecule has 1 aromatic rings. The second-order valence-corrected chi connectivity index (χ2v) is 4.40. The van der Waals surface area contributed by atoms with Gasteiger partial charge in [0.25, 0.3) is 10.0 Å². The number of rotatable bonds is 4. The average Bonchev–Trinajstić information content (AvgIpc) is 2.54. The van der Waals surface area contributed by atoms with Gasteiger partial charge in [-0.3, -0.25) is 5.41 Å². The summed E-state index contributed by atoms with van der Waals surface area (Å²) in [5.74, 6) is -0.243. The molecule has 0 bridgehead atoms. The fraction of sp³-hybridized carbons (Fsp3) is 0.333. The molecule has 1 heterocycles. The van der Waals surface area contributed by atoms with Crippen molar-refractivity contribution in [3.63, 3.8) is 0 Å². The number of nitrogens with zero attached hydrogens (tertiary/aromatic N) is 1. The number of aromatic amines is 1. The monoisotopic (exact) mass is 217 g/mol. The lowest BCUT2D eigenvalue weighted by Crippen LogP contribution is -2.41. The molecule has 0 aliphatic carbocycles. The first-order chi connectivity index (χ1) is 6.43. The van der Waals surface area contributed by atoms with Gasteiger partial charge in [0.05, 0.1) is 18.6 Å². The zero-order valence-corrected chi connectivity index (χ0v) is 8.30. The van der Waals surface area contributed by atoms with E-state index in [0.29, 0.717) is 0 Å². The van der Waals surface area contributed by atoms with Crippen LogP contribution in [-0.4, -0.2) is 30.3 Å². The minimum Gasteiger partial charge on any atom is -0.386 e. The second kappa shape index (κ2) is 3.76. The summed E-state index contributed by atoms with van der Waals surface area (Å²) in [6, 6.07) is -0.733. The Balaban J connectivity index is 2.84. The van der Waals surface area contributed by atoms with Crippen LogP contribution in [0, 0.1) is 5.41 Å². The van der Waals surface area contributed by atoms with Crippen LogP contribution in [0.2, 0.25) is 0 Å². The highest BCUT2D eigenvalue weighted by atomic mass is 32.2. The van der Waals surface area contributed by atoms with Crippen molar-refractivity contribution < 1.29 is 8.42 Å². The molecule has 1 aromatic heterocycles. The number of nitrogens with two attached hydrogens (primary N) is 1. The molecule has 1 unspecified atom stereocenters. The normalized spacial score (nSPS) is 13.8. The Morgan fingerprint density at radius 2 is 2.43 bits per heavy atom. The predicted molar refractivity (Wildman–Crippen MR) is 50.3 cm³/mol. The summed E-state index contributed by atoms with van der Waals surface area (Å²) in [6.45, 7) is 1.48. The van der Waals surface area contributed by atoms with E-state index in [9.17, 15) is 8.42 Å². The Morgan fingerprint density at radius 1 is 1.79 bits per heavy atom. The molecule has 14 heavy (non-hydrogen) atoms. The van der Waals surface area contributed by atoms with E-state index in [1.54, 1.807) is 0 Å². The summed E-state index contributed by atoms with van der Waals surface area (Å²) < 4.78 is 25.2. The van der Waals surface area contributed by atoms with Gasteiger partial charge in [0, 0.05) is 0 Å². The van der Waals surface area contributed by atoms with Gasteiger partial charge in [0.15, 0.2) is 5.03 Å². The lowest BCUT2D eigenvalue weighted by atomic mass is 10.3. The smallest absolute Gasteiger partial charge is 0.258 e. The number of sulfonamides is 1. The van der Waals surface area contributed by atoms with Crippen LogP contribution in [0.5, 0.6) is 0 Å². The SMILES string of the molecule is CC(NS(=O)(=O)c1cnc[nH]1)C(=N)N. The van der Waals surface area contributed by atoms with Crippen molar-refractivity contribution in [2.45, 2.75) is 18.0 Å². The molecule has 1 rings (SSSR count). The molecule has 0 aliphatic heterocycles. The molecule has 5 N–H and O–H groups in total. The number of H-pyrrole nitrogens is 1. The number of hydrogen-bond acceptors (Lipinski definition) is 4. The molecule has 0 amide bonds. The molecule has 78 valence electrons. The highest BCUT2D eigenvalue weighted by Crippen LogP contribution is 2.02. The van der Waals surface area contributed by atoms with Gasteiger partial charge in [0.2, 0.25) is 0 Å². The highest BCUT2D eigenvalue weighted by molar-refractivity contribution is 7.89. The molecular formula is C6H11N5O2S. The van der Waals surface area contributed by atoms with Crippen molar-refractivity contribution in [3.8, 4) is 0 Å². The van der Waals surface area contributed by atoms with Crippen LogP contribution in [0.25, 0.3) is 0 Å². The third-order valence-corrected chi connectivity index (χ3v) is 3.03. The van der Waals surface area contributed by atoms with Gasteiger partial charge in [-0.2, -0.15) is 4.72 Å². The standard InChI is InChI=1S/C6H11N5O2S/c1-4(6(7)8)11-14(12,13)5-2-9-3-10-5/h2-4,11H,1H3,(H3,7,8)(H,9,10). The van der Waals surface area contributed by atoms with Gasteiger partial charge in [-0.1, -0.05) is 0 Å². The molecule has 0 spiro atoms. The number of hydrogen-bond donors (Lipinski definition) is 4. The first-order valence-corrected chi connectivity index (χ1v) is 5.26. The van der Waals surface area contributed by atoms with Crippen molar-refractivity contribution in [2.75, 3.05) is 0 Å². The van der Waals surface area contributed by atoms with Gasteiger partial charge >= 0.3 is 0 Å². The van der Waals surface area contributed by atoms with Gasteiger partial charge in [0.1, 0.15) is 5.84 Å². The van der Waals surface area contributed by atoms with Crippen LogP contribution in [0.1, 0.15) is 6.92 Å². The topological polar surface area (TPSA) is 125 Å². The van der Waals surface area contributed by atoms with Gasteiger partial charge in [-0.25, -0.2) is 13.4 Å². The molecule has 0 radical (unpaired) electrons. The summed E-state index contributed by atoms with van der Waals surface area (Å²) in [4.78, 5) is 6.03. The van der Waals surface area contributed by atoms with Crippen LogP contribution >= 0.6 is 0 Å². The lowest BCUT2D eigenvalue weighted by Gasteiger charge is -2.10. The van der Waals surface area contributed by atoms with Crippen molar-refractivity contribution in [1.29, 1.82) is 5.41 Å².